The predicted octanol–water partition coefficient (Wildman–Crippen LogP) is 3.36. The summed E-state index contributed by atoms with van der Waals surface area (Å²) in [5.74, 6) is 0.534. The van der Waals surface area contributed by atoms with Gasteiger partial charge in [0.2, 0.25) is 0 Å². The summed E-state index contributed by atoms with van der Waals surface area (Å²) in [4.78, 5) is 2.35. The third-order valence-electron chi connectivity index (χ3n) is 5.74. The minimum Gasteiger partial charge on any atom is -0.399 e. The molecule has 0 amide bonds. The second kappa shape index (κ2) is 6.43. The van der Waals surface area contributed by atoms with Crippen LogP contribution in [0.5, 0.6) is 0 Å². The third kappa shape index (κ3) is 3.53. The second-order valence-corrected chi connectivity index (χ2v) is 8.42. The van der Waals surface area contributed by atoms with E-state index in [4.69, 9.17) is 9.31 Å². The maximum Gasteiger partial charge on any atom is 0.494 e. The van der Waals surface area contributed by atoms with E-state index in [-0.39, 0.29) is 5.82 Å². The largest absolute Gasteiger partial charge is 0.494 e. The van der Waals surface area contributed by atoms with Crippen LogP contribution in [0.3, 0.4) is 0 Å². The zero-order chi connectivity index (χ0) is 17.5. The lowest BCUT2D eigenvalue weighted by molar-refractivity contribution is 0.00578. The first-order chi connectivity index (χ1) is 11.2. The Labute approximate surface area is 145 Å². The van der Waals surface area contributed by atoms with Crippen LogP contribution in [0.2, 0.25) is 0 Å². The SMILES string of the molecule is CC1CCCN(Cc2ccc(B3OC(C)(C)C(C)(C)O3)cc2F)C1. The Morgan fingerprint density at radius 2 is 1.88 bits per heavy atom. The summed E-state index contributed by atoms with van der Waals surface area (Å²) >= 11 is 0. The van der Waals surface area contributed by atoms with Crippen molar-refractivity contribution in [2.24, 2.45) is 5.92 Å². The van der Waals surface area contributed by atoms with Gasteiger partial charge in [0, 0.05) is 18.7 Å². The summed E-state index contributed by atoms with van der Waals surface area (Å²) < 4.78 is 26.6. The number of halogens is 1. The molecule has 1 aromatic carbocycles. The fourth-order valence-electron chi connectivity index (χ4n) is 3.49. The van der Waals surface area contributed by atoms with Gasteiger partial charge in [-0.3, -0.25) is 4.90 Å². The molecule has 132 valence electrons. The molecule has 1 aromatic rings. The Morgan fingerprint density at radius 1 is 1.21 bits per heavy atom. The van der Waals surface area contributed by atoms with Crippen molar-refractivity contribution in [3.8, 4) is 0 Å². The predicted molar refractivity (Wildman–Crippen MR) is 95.8 cm³/mol. The van der Waals surface area contributed by atoms with Crippen molar-refractivity contribution in [2.45, 2.75) is 65.2 Å². The van der Waals surface area contributed by atoms with Crippen LogP contribution in [-0.4, -0.2) is 36.3 Å². The highest BCUT2D eigenvalue weighted by molar-refractivity contribution is 6.62. The smallest absolute Gasteiger partial charge is 0.399 e. The van der Waals surface area contributed by atoms with Crippen molar-refractivity contribution in [1.82, 2.24) is 4.90 Å². The highest BCUT2D eigenvalue weighted by Crippen LogP contribution is 2.36. The number of likely N-dealkylation sites (tertiary alicyclic amines) is 1. The quantitative estimate of drug-likeness (QED) is 0.792. The summed E-state index contributed by atoms with van der Waals surface area (Å²) in [6, 6.07) is 5.40. The second-order valence-electron chi connectivity index (χ2n) is 8.42. The summed E-state index contributed by atoms with van der Waals surface area (Å²) in [6.45, 7) is 13.1. The molecule has 0 saturated carbocycles. The van der Waals surface area contributed by atoms with Gasteiger partial charge in [0.15, 0.2) is 0 Å². The lowest BCUT2D eigenvalue weighted by Crippen LogP contribution is -2.41. The van der Waals surface area contributed by atoms with Crippen LogP contribution in [0.1, 0.15) is 53.0 Å². The molecular formula is C19H29BFNO2. The maximum absolute atomic E-state index is 14.6. The number of nitrogens with zero attached hydrogens (tertiary/aromatic N) is 1. The summed E-state index contributed by atoms with van der Waals surface area (Å²) in [5, 5.41) is 0. The fraction of sp³-hybridized carbons (Fsp3) is 0.684. The molecule has 0 aliphatic carbocycles. The normalized spacial score (nSPS) is 26.8. The first kappa shape index (κ1) is 17.9. The first-order valence-corrected chi connectivity index (χ1v) is 9.04. The third-order valence-corrected chi connectivity index (χ3v) is 5.74. The number of piperidine rings is 1. The Hall–Kier alpha value is -0.905. The van der Waals surface area contributed by atoms with Gasteiger partial charge in [-0.25, -0.2) is 4.39 Å². The van der Waals surface area contributed by atoms with E-state index in [9.17, 15) is 4.39 Å². The molecule has 3 nitrogen and oxygen atoms in total. The monoisotopic (exact) mass is 333 g/mol. The van der Waals surface area contributed by atoms with E-state index < -0.39 is 18.3 Å². The molecule has 0 N–H and O–H groups in total. The van der Waals surface area contributed by atoms with Crippen molar-refractivity contribution < 1.29 is 13.7 Å². The molecule has 0 radical (unpaired) electrons. The van der Waals surface area contributed by atoms with Gasteiger partial charge in [0.25, 0.3) is 0 Å². The molecule has 1 unspecified atom stereocenters. The van der Waals surface area contributed by atoms with Crippen molar-refractivity contribution in [2.75, 3.05) is 13.1 Å². The van der Waals surface area contributed by atoms with E-state index >= 15 is 0 Å². The molecule has 3 rings (SSSR count). The lowest BCUT2D eigenvalue weighted by atomic mass is 9.78. The molecule has 2 aliphatic rings. The Bertz CT molecular complexity index is 589. The van der Waals surface area contributed by atoms with Crippen molar-refractivity contribution >= 4 is 12.6 Å². The van der Waals surface area contributed by atoms with Gasteiger partial charge in [0.05, 0.1) is 11.2 Å². The molecule has 0 bridgehead atoms. The molecule has 0 spiro atoms. The van der Waals surface area contributed by atoms with Crippen LogP contribution in [-0.2, 0) is 15.9 Å². The molecule has 1 atom stereocenters. The van der Waals surface area contributed by atoms with E-state index in [1.54, 1.807) is 6.07 Å². The first-order valence-electron chi connectivity index (χ1n) is 9.04. The standard InChI is InChI=1S/C19H29BFNO2/c1-14-7-6-10-22(12-14)13-15-8-9-16(11-17(15)21)20-23-18(2,3)19(4,5)24-20/h8-9,11,14H,6-7,10,12-13H2,1-5H3. The van der Waals surface area contributed by atoms with E-state index in [1.807, 2.05) is 39.8 Å². The number of hydrogen-bond donors (Lipinski definition) is 0. The van der Waals surface area contributed by atoms with Crippen LogP contribution in [0.25, 0.3) is 0 Å². The molecule has 5 heteroatoms. The van der Waals surface area contributed by atoms with Crippen LogP contribution < -0.4 is 5.46 Å². The number of rotatable bonds is 3. The average Bonchev–Trinajstić information content (AvgIpc) is 2.70. The zero-order valence-corrected chi connectivity index (χ0v) is 15.6. The van der Waals surface area contributed by atoms with Gasteiger partial charge in [0.1, 0.15) is 5.82 Å². The van der Waals surface area contributed by atoms with E-state index in [1.165, 1.54) is 12.8 Å². The summed E-state index contributed by atoms with van der Waals surface area (Å²) in [6.07, 6.45) is 2.48. The van der Waals surface area contributed by atoms with Crippen molar-refractivity contribution in [3.63, 3.8) is 0 Å². The molecule has 2 fully saturated rings. The van der Waals surface area contributed by atoms with E-state index in [0.717, 1.165) is 24.1 Å². The van der Waals surface area contributed by atoms with Crippen molar-refractivity contribution in [1.29, 1.82) is 0 Å². The molecule has 2 aliphatic heterocycles. The average molecular weight is 333 g/mol. The molecule has 0 aromatic heterocycles. The summed E-state index contributed by atoms with van der Waals surface area (Å²) in [7, 11) is -0.506. The Morgan fingerprint density at radius 3 is 2.46 bits per heavy atom. The van der Waals surface area contributed by atoms with Crippen LogP contribution in [0, 0.1) is 11.7 Å². The van der Waals surface area contributed by atoms with Crippen molar-refractivity contribution in [3.05, 3.63) is 29.6 Å². The Balaban J connectivity index is 1.71. The van der Waals surface area contributed by atoms with Gasteiger partial charge in [-0.1, -0.05) is 19.1 Å². The van der Waals surface area contributed by atoms with Gasteiger partial charge in [-0.15, -0.1) is 0 Å². The lowest BCUT2D eigenvalue weighted by Gasteiger charge is -2.32. The molecule has 24 heavy (non-hydrogen) atoms. The fourth-order valence-corrected chi connectivity index (χ4v) is 3.49. The minimum absolute atomic E-state index is 0.166. The highest BCUT2D eigenvalue weighted by atomic mass is 19.1. The van der Waals surface area contributed by atoms with Crippen LogP contribution >= 0.6 is 0 Å². The molecule has 2 saturated heterocycles. The van der Waals surface area contributed by atoms with Gasteiger partial charge in [-0.2, -0.15) is 0 Å². The number of benzene rings is 1. The van der Waals surface area contributed by atoms with E-state index in [0.29, 0.717) is 12.5 Å². The van der Waals surface area contributed by atoms with Gasteiger partial charge >= 0.3 is 7.12 Å². The van der Waals surface area contributed by atoms with Crippen LogP contribution in [0.4, 0.5) is 4.39 Å². The summed E-state index contributed by atoms with van der Waals surface area (Å²) in [5.41, 5.74) is 0.694. The Kier molecular flexibility index (Phi) is 4.80. The maximum atomic E-state index is 14.6. The molecule has 2 heterocycles. The molecular weight excluding hydrogens is 304 g/mol. The number of hydrogen-bond acceptors (Lipinski definition) is 3. The minimum atomic E-state index is -0.506. The zero-order valence-electron chi connectivity index (χ0n) is 15.6. The van der Waals surface area contributed by atoms with Gasteiger partial charge in [-0.05, 0) is 64.5 Å². The topological polar surface area (TPSA) is 21.7 Å². The van der Waals surface area contributed by atoms with Gasteiger partial charge < -0.3 is 9.31 Å². The van der Waals surface area contributed by atoms with Crippen LogP contribution in [0.15, 0.2) is 18.2 Å². The van der Waals surface area contributed by atoms with E-state index in [2.05, 4.69) is 11.8 Å². The highest BCUT2D eigenvalue weighted by Gasteiger charge is 2.51.